The largest absolute Gasteiger partial charge is 0.500 e. The number of hydrogen-bond acceptors (Lipinski definition) is 5. The molecule has 1 aromatic rings. The van der Waals surface area contributed by atoms with E-state index in [1.807, 2.05) is 32.9 Å². The van der Waals surface area contributed by atoms with Crippen LogP contribution in [0.1, 0.15) is 27.2 Å². The summed E-state index contributed by atoms with van der Waals surface area (Å²) in [5, 5.41) is 3.21. The molecule has 0 aromatic carbocycles. The number of furan rings is 1. The Hall–Kier alpha value is -0.823. The number of rotatable bonds is 11. The maximum absolute atomic E-state index is 5.79. The van der Waals surface area contributed by atoms with Crippen LogP contribution in [-0.2, 0) is 13.3 Å². The lowest BCUT2D eigenvalue weighted by molar-refractivity contribution is 0.0710. The van der Waals surface area contributed by atoms with E-state index in [1.54, 1.807) is 6.26 Å². The number of nitrogens with one attached hydrogen (secondary N) is 1. The van der Waals surface area contributed by atoms with Crippen LogP contribution in [0, 0.1) is 0 Å². The van der Waals surface area contributed by atoms with Crippen LogP contribution in [-0.4, -0.2) is 35.2 Å². The predicted molar refractivity (Wildman–Crippen MR) is 77.3 cm³/mol. The lowest BCUT2D eigenvalue weighted by Crippen LogP contribution is -2.46. The molecule has 0 fully saturated rings. The van der Waals surface area contributed by atoms with Crippen molar-refractivity contribution in [3.05, 3.63) is 18.4 Å². The summed E-state index contributed by atoms with van der Waals surface area (Å²) in [5.74, 6) is 0.788. The third-order valence-electron chi connectivity index (χ3n) is 2.57. The Bertz CT molecular complexity index is 301. The fraction of sp³-hybridized carbons (Fsp3) is 0.692. The maximum atomic E-state index is 5.79. The van der Waals surface area contributed by atoms with Gasteiger partial charge in [0.2, 0.25) is 0 Å². The standard InChI is InChI=1S/C13H25NO4Si/c1-4-16-19(17-5-2,18-6-3)12-8-10-14-13-9-7-11-15-13/h7,9,11,14H,4-6,8,10,12H2,1-3H3. The molecule has 1 aromatic heterocycles. The van der Waals surface area contributed by atoms with E-state index in [2.05, 4.69) is 5.32 Å². The number of anilines is 1. The van der Waals surface area contributed by atoms with E-state index >= 15 is 0 Å². The van der Waals surface area contributed by atoms with Crippen LogP contribution in [0.4, 0.5) is 5.88 Å². The smallest absolute Gasteiger partial charge is 0.449 e. The summed E-state index contributed by atoms with van der Waals surface area (Å²) < 4.78 is 22.6. The second kappa shape index (κ2) is 9.14. The fourth-order valence-electron chi connectivity index (χ4n) is 1.90. The lowest BCUT2D eigenvalue weighted by Gasteiger charge is -2.28. The van der Waals surface area contributed by atoms with E-state index in [-0.39, 0.29) is 0 Å². The molecule has 1 heterocycles. The zero-order valence-electron chi connectivity index (χ0n) is 12.1. The monoisotopic (exact) mass is 287 g/mol. The maximum Gasteiger partial charge on any atom is 0.500 e. The summed E-state index contributed by atoms with van der Waals surface area (Å²) in [6.45, 7) is 8.60. The Morgan fingerprint density at radius 1 is 1.11 bits per heavy atom. The first-order valence-electron chi connectivity index (χ1n) is 6.95. The van der Waals surface area contributed by atoms with Crippen molar-refractivity contribution in [3.8, 4) is 0 Å². The van der Waals surface area contributed by atoms with Gasteiger partial charge in [-0.3, -0.25) is 0 Å². The highest BCUT2D eigenvalue weighted by Gasteiger charge is 2.39. The molecule has 0 saturated carbocycles. The molecular formula is C13H25NO4Si. The van der Waals surface area contributed by atoms with Crippen molar-refractivity contribution in [2.24, 2.45) is 0 Å². The number of hydrogen-bond donors (Lipinski definition) is 1. The summed E-state index contributed by atoms with van der Waals surface area (Å²) >= 11 is 0. The molecule has 0 aliphatic heterocycles. The van der Waals surface area contributed by atoms with E-state index < -0.39 is 8.80 Å². The highest BCUT2D eigenvalue weighted by molar-refractivity contribution is 6.60. The molecule has 6 heteroatoms. The molecule has 0 spiro atoms. The summed E-state index contributed by atoms with van der Waals surface area (Å²) in [4.78, 5) is 0. The highest BCUT2D eigenvalue weighted by Crippen LogP contribution is 2.18. The van der Waals surface area contributed by atoms with Crippen LogP contribution in [0.3, 0.4) is 0 Å². The zero-order chi connectivity index (χ0) is 14.0. The molecule has 1 rings (SSSR count). The van der Waals surface area contributed by atoms with Gasteiger partial charge in [-0.25, -0.2) is 0 Å². The molecule has 0 saturated heterocycles. The van der Waals surface area contributed by atoms with Crippen LogP contribution in [0.2, 0.25) is 6.04 Å². The van der Waals surface area contributed by atoms with Crippen LogP contribution in [0.15, 0.2) is 22.8 Å². The summed E-state index contributed by atoms with van der Waals surface area (Å²) in [7, 11) is -2.49. The van der Waals surface area contributed by atoms with E-state index in [1.165, 1.54) is 0 Å². The van der Waals surface area contributed by atoms with Gasteiger partial charge in [-0.1, -0.05) is 0 Å². The Balaban J connectivity index is 2.37. The molecule has 0 atom stereocenters. The third kappa shape index (κ3) is 5.77. The first-order chi connectivity index (χ1) is 9.26. The van der Waals surface area contributed by atoms with Gasteiger partial charge in [0.1, 0.15) is 0 Å². The quantitative estimate of drug-likeness (QED) is 0.500. The van der Waals surface area contributed by atoms with Crippen molar-refractivity contribution in [1.82, 2.24) is 0 Å². The van der Waals surface area contributed by atoms with E-state index in [9.17, 15) is 0 Å². The molecule has 0 aliphatic rings. The van der Waals surface area contributed by atoms with Crippen molar-refractivity contribution in [1.29, 1.82) is 0 Å². The Morgan fingerprint density at radius 2 is 1.74 bits per heavy atom. The van der Waals surface area contributed by atoms with Crippen molar-refractivity contribution in [2.45, 2.75) is 33.2 Å². The van der Waals surface area contributed by atoms with Gasteiger partial charge in [0.25, 0.3) is 0 Å². The van der Waals surface area contributed by atoms with Gasteiger partial charge in [0.15, 0.2) is 5.88 Å². The second-order valence-corrected chi connectivity index (χ2v) is 6.72. The van der Waals surface area contributed by atoms with Crippen LogP contribution in [0.25, 0.3) is 0 Å². The Labute approximate surface area is 116 Å². The molecule has 5 nitrogen and oxygen atoms in total. The molecule has 1 N–H and O–H groups in total. The topological polar surface area (TPSA) is 52.9 Å². The summed E-state index contributed by atoms with van der Waals surface area (Å²) in [5.41, 5.74) is 0. The van der Waals surface area contributed by atoms with Gasteiger partial charge < -0.3 is 23.0 Å². The van der Waals surface area contributed by atoms with Crippen molar-refractivity contribution >= 4 is 14.7 Å². The Morgan fingerprint density at radius 3 is 2.21 bits per heavy atom. The van der Waals surface area contributed by atoms with E-state index in [0.717, 1.165) is 24.9 Å². The van der Waals surface area contributed by atoms with Gasteiger partial charge in [-0.2, -0.15) is 0 Å². The van der Waals surface area contributed by atoms with Crippen LogP contribution in [0.5, 0.6) is 0 Å². The molecule has 0 bridgehead atoms. The summed E-state index contributed by atoms with van der Waals surface area (Å²) in [6, 6.07) is 4.58. The zero-order valence-corrected chi connectivity index (χ0v) is 13.1. The normalized spacial score (nSPS) is 11.7. The molecule has 0 aliphatic carbocycles. The minimum atomic E-state index is -2.49. The van der Waals surface area contributed by atoms with Gasteiger partial charge in [0.05, 0.1) is 6.26 Å². The molecule has 0 amide bonds. The minimum Gasteiger partial charge on any atom is -0.449 e. The van der Waals surface area contributed by atoms with Crippen molar-refractivity contribution in [2.75, 3.05) is 31.7 Å². The summed E-state index contributed by atoms with van der Waals surface area (Å²) in [6.07, 6.45) is 2.58. The first kappa shape index (κ1) is 16.2. The first-order valence-corrected chi connectivity index (χ1v) is 8.88. The molecule has 0 radical (unpaired) electrons. The van der Waals surface area contributed by atoms with E-state index in [0.29, 0.717) is 19.8 Å². The Kier molecular flexibility index (Phi) is 7.81. The van der Waals surface area contributed by atoms with Gasteiger partial charge in [-0.15, -0.1) is 0 Å². The minimum absolute atomic E-state index is 0.623. The van der Waals surface area contributed by atoms with Gasteiger partial charge in [-0.05, 0) is 33.3 Å². The third-order valence-corrected chi connectivity index (χ3v) is 5.72. The van der Waals surface area contributed by atoms with Crippen LogP contribution >= 0.6 is 0 Å². The van der Waals surface area contributed by atoms with Crippen molar-refractivity contribution in [3.63, 3.8) is 0 Å². The highest BCUT2D eigenvalue weighted by atomic mass is 28.4. The van der Waals surface area contributed by atoms with Gasteiger partial charge in [0, 0.05) is 38.5 Å². The predicted octanol–water partition coefficient (Wildman–Crippen LogP) is 3.13. The molecule has 19 heavy (non-hydrogen) atoms. The van der Waals surface area contributed by atoms with Gasteiger partial charge >= 0.3 is 8.80 Å². The average molecular weight is 287 g/mol. The molecule has 0 unspecified atom stereocenters. The van der Waals surface area contributed by atoms with E-state index in [4.69, 9.17) is 17.7 Å². The van der Waals surface area contributed by atoms with Crippen molar-refractivity contribution < 1.29 is 17.7 Å². The fourth-order valence-corrected chi connectivity index (χ4v) is 4.51. The molecular weight excluding hydrogens is 262 g/mol. The second-order valence-electron chi connectivity index (χ2n) is 3.99. The van der Waals surface area contributed by atoms with Crippen LogP contribution < -0.4 is 5.32 Å². The SMILES string of the molecule is CCO[Si](CCCNc1ccco1)(OCC)OCC. The lowest BCUT2D eigenvalue weighted by atomic mass is 10.5. The average Bonchev–Trinajstić information content (AvgIpc) is 2.89. The molecule has 110 valence electrons.